The molecule has 4 heterocycles. The Balaban J connectivity index is 1.58. The number of amides is 1. The summed E-state index contributed by atoms with van der Waals surface area (Å²) >= 11 is 4.06. The van der Waals surface area contributed by atoms with Crippen molar-refractivity contribution < 1.29 is 4.79 Å². The van der Waals surface area contributed by atoms with Gasteiger partial charge in [-0.05, 0) is 17.0 Å². The normalized spacial score (nSPS) is 10.8. The van der Waals surface area contributed by atoms with Crippen LogP contribution >= 0.6 is 34.0 Å². The molecule has 5 aromatic rings. The molecule has 156 valence electrons. The zero-order valence-electron chi connectivity index (χ0n) is 16.3. The number of pyridine rings is 1. The predicted molar refractivity (Wildman–Crippen MR) is 132 cm³/mol. The molecule has 10 heteroatoms. The minimum Gasteiger partial charge on any atom is -0.397 e. The van der Waals surface area contributed by atoms with Gasteiger partial charge in [0.1, 0.15) is 27.2 Å². The van der Waals surface area contributed by atoms with E-state index in [0.717, 1.165) is 27.5 Å². The minimum absolute atomic E-state index is 0.104. The molecule has 0 saturated heterocycles. The fraction of sp³-hybridized carbons (Fsp3) is 0. The lowest BCUT2D eigenvalue weighted by atomic mass is 9.97. The number of thiazole rings is 1. The van der Waals surface area contributed by atoms with Gasteiger partial charge in [-0.2, -0.15) is 5.26 Å². The van der Waals surface area contributed by atoms with Crippen molar-refractivity contribution in [1.82, 2.24) is 9.97 Å². The molecular formula is C22H14N6OS3. The molecule has 0 unspecified atom stereocenters. The number of carbonyl (C=O) groups is 1. The van der Waals surface area contributed by atoms with E-state index < -0.39 is 0 Å². The van der Waals surface area contributed by atoms with Gasteiger partial charge in [-0.3, -0.25) is 10.1 Å². The van der Waals surface area contributed by atoms with E-state index >= 15 is 0 Å². The van der Waals surface area contributed by atoms with Crippen molar-refractivity contribution in [2.75, 3.05) is 16.8 Å². The molecule has 5 rings (SSSR count). The Labute approximate surface area is 194 Å². The van der Waals surface area contributed by atoms with Crippen LogP contribution in [-0.4, -0.2) is 15.9 Å². The molecule has 7 nitrogen and oxygen atoms in total. The lowest BCUT2D eigenvalue weighted by Crippen LogP contribution is -2.11. The Bertz CT molecular complexity index is 1500. The average molecular weight is 475 g/mol. The van der Waals surface area contributed by atoms with Gasteiger partial charge >= 0.3 is 0 Å². The number of nitrogens with zero attached hydrogens (tertiary/aromatic N) is 3. The van der Waals surface area contributed by atoms with Crippen LogP contribution in [0.3, 0.4) is 0 Å². The van der Waals surface area contributed by atoms with Gasteiger partial charge in [-0.1, -0.05) is 36.4 Å². The van der Waals surface area contributed by atoms with Crippen molar-refractivity contribution >= 4 is 66.8 Å². The molecule has 0 atom stereocenters. The van der Waals surface area contributed by atoms with E-state index in [1.54, 1.807) is 11.3 Å². The van der Waals surface area contributed by atoms with Gasteiger partial charge in [0.15, 0.2) is 5.13 Å². The first-order valence-electron chi connectivity index (χ1n) is 9.34. The van der Waals surface area contributed by atoms with Crippen molar-refractivity contribution in [3.05, 3.63) is 63.7 Å². The molecule has 0 aliphatic rings. The number of anilines is 3. The van der Waals surface area contributed by atoms with Crippen LogP contribution in [0.4, 0.5) is 16.6 Å². The largest absolute Gasteiger partial charge is 0.397 e. The first-order chi connectivity index (χ1) is 15.6. The molecule has 0 spiro atoms. The van der Waals surface area contributed by atoms with Crippen LogP contribution in [0.2, 0.25) is 0 Å². The Hall–Kier alpha value is -3.78. The molecule has 1 aromatic carbocycles. The molecule has 0 bridgehead atoms. The molecule has 0 fully saturated rings. The van der Waals surface area contributed by atoms with Gasteiger partial charge in [0.2, 0.25) is 0 Å². The van der Waals surface area contributed by atoms with Crippen molar-refractivity contribution in [1.29, 1.82) is 5.26 Å². The smallest absolute Gasteiger partial charge is 0.269 e. The summed E-state index contributed by atoms with van der Waals surface area (Å²) < 4.78 is 0. The molecular weight excluding hydrogens is 460 g/mol. The Kier molecular flexibility index (Phi) is 5.07. The number of thiophene rings is 2. The number of nitrogens with one attached hydrogen (secondary N) is 1. The summed E-state index contributed by atoms with van der Waals surface area (Å²) in [6.45, 7) is 0. The summed E-state index contributed by atoms with van der Waals surface area (Å²) in [4.78, 5) is 23.7. The number of nitrogen functional groups attached to an aromatic ring is 2. The molecule has 0 aliphatic heterocycles. The first kappa shape index (κ1) is 20.1. The molecule has 0 radical (unpaired) electrons. The van der Waals surface area contributed by atoms with E-state index in [-0.39, 0.29) is 23.0 Å². The maximum atomic E-state index is 13.1. The lowest BCUT2D eigenvalue weighted by Gasteiger charge is -2.09. The summed E-state index contributed by atoms with van der Waals surface area (Å²) in [5.74, 6) is -0.277. The number of carbonyl (C=O) groups excluding carboxylic acids is 1. The molecule has 0 aliphatic carbocycles. The van der Waals surface area contributed by atoms with E-state index in [1.165, 1.54) is 11.3 Å². The summed E-state index contributed by atoms with van der Waals surface area (Å²) in [6.07, 6.45) is 0. The molecule has 4 aromatic heterocycles. The number of hydrogen-bond donors (Lipinski definition) is 3. The van der Waals surface area contributed by atoms with Crippen molar-refractivity contribution in [2.45, 2.75) is 0 Å². The highest BCUT2D eigenvalue weighted by Gasteiger charge is 2.24. The van der Waals surface area contributed by atoms with Crippen LogP contribution in [0.5, 0.6) is 0 Å². The topological polar surface area (TPSA) is 131 Å². The Morgan fingerprint density at radius 1 is 1.06 bits per heavy atom. The Morgan fingerprint density at radius 2 is 1.88 bits per heavy atom. The lowest BCUT2D eigenvalue weighted by molar-refractivity contribution is 0.103. The average Bonchev–Trinajstić information content (AvgIpc) is 3.54. The highest BCUT2D eigenvalue weighted by atomic mass is 32.1. The second kappa shape index (κ2) is 8.05. The van der Waals surface area contributed by atoms with Crippen LogP contribution in [-0.2, 0) is 0 Å². The van der Waals surface area contributed by atoms with E-state index in [2.05, 4.69) is 21.4 Å². The van der Waals surface area contributed by atoms with Gasteiger partial charge in [0.25, 0.3) is 5.91 Å². The van der Waals surface area contributed by atoms with Crippen LogP contribution in [0.15, 0.2) is 53.2 Å². The highest BCUT2D eigenvalue weighted by molar-refractivity contribution is 7.21. The van der Waals surface area contributed by atoms with Crippen molar-refractivity contribution in [3.8, 4) is 27.8 Å². The SMILES string of the molecule is N#Cc1c(N)nc2sc(C(=O)Nc3nc(-c4cccs4)cs3)c(N)c2c1-c1ccccc1. The number of benzene rings is 1. The maximum Gasteiger partial charge on any atom is 0.269 e. The Morgan fingerprint density at radius 3 is 2.59 bits per heavy atom. The third kappa shape index (κ3) is 3.38. The predicted octanol–water partition coefficient (Wildman–Crippen LogP) is 5.44. The molecule has 5 N–H and O–H groups in total. The van der Waals surface area contributed by atoms with Crippen molar-refractivity contribution in [3.63, 3.8) is 0 Å². The highest BCUT2D eigenvalue weighted by Crippen LogP contribution is 2.42. The zero-order chi connectivity index (χ0) is 22.2. The molecule has 32 heavy (non-hydrogen) atoms. The fourth-order valence-corrected chi connectivity index (χ4v) is 5.84. The van der Waals surface area contributed by atoms with E-state index in [4.69, 9.17) is 11.5 Å². The maximum absolute atomic E-state index is 13.1. The molecule has 0 saturated carbocycles. The summed E-state index contributed by atoms with van der Waals surface area (Å²) in [7, 11) is 0. The zero-order valence-corrected chi connectivity index (χ0v) is 18.8. The van der Waals surface area contributed by atoms with Gasteiger partial charge in [0, 0.05) is 16.3 Å². The van der Waals surface area contributed by atoms with Crippen LogP contribution in [0, 0.1) is 11.3 Å². The summed E-state index contributed by atoms with van der Waals surface area (Å²) in [5.41, 5.74) is 15.2. The standard InChI is InChI=1S/C22H14N6OS3/c23-9-12-15(11-5-2-1-3-6-11)16-17(24)18(32-21(16)27-19(12)25)20(29)28-22-26-13(10-31-22)14-7-4-8-30-14/h1-8,10H,24H2,(H2,25,27)(H,26,28,29). The van der Waals surface area contributed by atoms with Crippen molar-refractivity contribution in [2.24, 2.45) is 0 Å². The van der Waals surface area contributed by atoms with Crippen LogP contribution in [0.25, 0.3) is 31.9 Å². The minimum atomic E-state index is -0.381. The number of hydrogen-bond acceptors (Lipinski definition) is 9. The number of fused-ring (bicyclic) bond motifs is 1. The second-order valence-corrected chi connectivity index (χ2v) is 9.52. The number of nitrogens with two attached hydrogens (primary N) is 2. The third-order valence-electron chi connectivity index (χ3n) is 4.78. The number of nitriles is 1. The van der Waals surface area contributed by atoms with E-state index in [0.29, 0.717) is 25.8 Å². The second-order valence-electron chi connectivity index (χ2n) is 6.72. The molecule has 1 amide bonds. The van der Waals surface area contributed by atoms with Gasteiger partial charge in [-0.25, -0.2) is 9.97 Å². The van der Waals surface area contributed by atoms with Crippen LogP contribution in [0.1, 0.15) is 15.2 Å². The van der Waals surface area contributed by atoms with Gasteiger partial charge < -0.3 is 11.5 Å². The van der Waals surface area contributed by atoms with Crippen LogP contribution < -0.4 is 16.8 Å². The van der Waals surface area contributed by atoms with Gasteiger partial charge in [-0.15, -0.1) is 34.0 Å². The first-order valence-corrected chi connectivity index (χ1v) is 11.9. The van der Waals surface area contributed by atoms with E-state index in [9.17, 15) is 10.1 Å². The number of rotatable bonds is 4. The summed E-state index contributed by atoms with van der Waals surface area (Å²) in [5, 5.41) is 17.4. The quantitative estimate of drug-likeness (QED) is 0.318. The third-order valence-corrected chi connectivity index (χ3v) is 7.53. The summed E-state index contributed by atoms with van der Waals surface area (Å²) in [6, 6.07) is 15.4. The van der Waals surface area contributed by atoms with Gasteiger partial charge in [0.05, 0.1) is 16.3 Å². The fourth-order valence-electron chi connectivity index (χ4n) is 3.37. The van der Waals surface area contributed by atoms with E-state index in [1.807, 2.05) is 53.2 Å². The number of aromatic nitrogens is 2. The monoisotopic (exact) mass is 474 g/mol.